The number of rotatable bonds is 21. The average Bonchev–Trinajstić information content (AvgIpc) is 2.73. The van der Waals surface area contributed by atoms with Gasteiger partial charge in [-0.2, -0.15) is 0 Å². The Morgan fingerprint density at radius 3 is 1.00 bits per heavy atom. The predicted octanol–water partition coefficient (Wildman–Crippen LogP) is 5.29. The molecule has 0 atom stereocenters. The Morgan fingerprint density at radius 2 is 0.786 bits per heavy atom. The molecule has 0 aromatic heterocycles. The number of hydrogen-bond acceptors (Lipinski definition) is 6. The predicted molar refractivity (Wildman–Crippen MR) is 133 cm³/mol. The maximum absolute atomic E-state index is 6.38. The zero-order valence-electron chi connectivity index (χ0n) is 19.3. The summed E-state index contributed by atoms with van der Waals surface area (Å²) in [5.41, 5.74) is 0. The summed E-state index contributed by atoms with van der Waals surface area (Å²) < 4.78 is 24.6. The molecule has 0 fully saturated rings. The SMILES string of the molecule is CCCOC(OCCC)([SiH2]CCC)SSC(OCCC)(OCCC)[SiH2]CCC. The fourth-order valence-electron chi connectivity index (χ4n) is 2.50. The van der Waals surface area contributed by atoms with Gasteiger partial charge in [-0.15, -0.1) is 0 Å². The lowest BCUT2D eigenvalue weighted by molar-refractivity contribution is -0.120. The van der Waals surface area contributed by atoms with E-state index in [0.29, 0.717) is 0 Å². The molecule has 0 aliphatic carbocycles. The lowest BCUT2D eigenvalue weighted by Crippen LogP contribution is -2.43. The maximum atomic E-state index is 6.38. The van der Waals surface area contributed by atoms with E-state index in [1.807, 2.05) is 0 Å². The molecule has 0 bridgehead atoms. The lowest BCUT2D eigenvalue weighted by Gasteiger charge is -2.38. The summed E-state index contributed by atoms with van der Waals surface area (Å²) in [6.07, 6.45) is 6.43. The monoisotopic (exact) mass is 470 g/mol. The molecule has 0 saturated carbocycles. The van der Waals surface area contributed by atoms with Crippen LogP contribution in [-0.4, -0.2) is 55.0 Å². The molecule has 0 unspecified atom stereocenters. The van der Waals surface area contributed by atoms with Crippen LogP contribution in [0, 0.1) is 0 Å². The van der Waals surface area contributed by atoms with Gasteiger partial charge in [-0.05, 0) is 47.3 Å². The highest BCUT2D eigenvalue weighted by molar-refractivity contribution is 8.78. The second kappa shape index (κ2) is 18.7. The van der Waals surface area contributed by atoms with Gasteiger partial charge in [0.15, 0.2) is 9.48 Å². The second-order valence-corrected chi connectivity index (χ2v) is 15.0. The van der Waals surface area contributed by atoms with Gasteiger partial charge in [0.25, 0.3) is 0 Å². The Hall–Kier alpha value is 0.974. The quantitative estimate of drug-likeness (QED) is 0.129. The van der Waals surface area contributed by atoms with Crippen LogP contribution in [0.15, 0.2) is 0 Å². The third-order valence-electron chi connectivity index (χ3n) is 4.07. The van der Waals surface area contributed by atoms with Gasteiger partial charge in [0, 0.05) is 0 Å². The van der Waals surface area contributed by atoms with Crippen molar-refractivity contribution in [3.8, 4) is 0 Å². The summed E-state index contributed by atoms with van der Waals surface area (Å²) in [5, 5.41) is 0. The average molecular weight is 471 g/mol. The smallest absolute Gasteiger partial charge is 0.200 e. The summed E-state index contributed by atoms with van der Waals surface area (Å²) in [4.78, 5) is 0. The minimum atomic E-state index is -0.547. The molecule has 8 heteroatoms. The van der Waals surface area contributed by atoms with Gasteiger partial charge in [0.1, 0.15) is 19.0 Å². The number of ether oxygens (including phenoxy) is 4. The molecular weight excluding hydrogens is 425 g/mol. The van der Waals surface area contributed by atoms with Gasteiger partial charge < -0.3 is 18.9 Å². The van der Waals surface area contributed by atoms with Crippen molar-refractivity contribution in [3.05, 3.63) is 0 Å². The summed E-state index contributed by atoms with van der Waals surface area (Å²) in [6.45, 7) is 16.2. The molecule has 0 radical (unpaired) electrons. The first-order chi connectivity index (χ1) is 13.6. The Kier molecular flexibility index (Phi) is 19.4. The van der Waals surface area contributed by atoms with Crippen molar-refractivity contribution in [1.29, 1.82) is 0 Å². The molecule has 170 valence electrons. The molecule has 4 nitrogen and oxygen atoms in total. The highest BCUT2D eigenvalue weighted by Crippen LogP contribution is 2.47. The Morgan fingerprint density at radius 1 is 0.500 bits per heavy atom. The first-order valence-electron chi connectivity index (χ1n) is 11.5. The van der Waals surface area contributed by atoms with Crippen molar-refractivity contribution in [1.82, 2.24) is 0 Å². The van der Waals surface area contributed by atoms with E-state index in [0.717, 1.165) is 52.1 Å². The first-order valence-corrected chi connectivity index (χ1v) is 17.1. The summed E-state index contributed by atoms with van der Waals surface area (Å²) in [7, 11) is 2.44. The highest BCUT2D eigenvalue weighted by Gasteiger charge is 2.40. The van der Waals surface area contributed by atoms with Crippen LogP contribution in [0.2, 0.25) is 12.1 Å². The Labute approximate surface area is 187 Å². The topological polar surface area (TPSA) is 36.9 Å². The third-order valence-corrected chi connectivity index (χ3v) is 14.4. The van der Waals surface area contributed by atoms with Gasteiger partial charge in [-0.1, -0.05) is 66.5 Å². The van der Waals surface area contributed by atoms with E-state index in [1.165, 1.54) is 24.9 Å². The van der Waals surface area contributed by atoms with Crippen molar-refractivity contribution >= 4 is 40.6 Å². The molecule has 0 heterocycles. The van der Waals surface area contributed by atoms with E-state index in [2.05, 4.69) is 41.5 Å². The zero-order chi connectivity index (χ0) is 21.1. The first kappa shape index (κ1) is 29.0. The van der Waals surface area contributed by atoms with E-state index in [9.17, 15) is 0 Å². The molecule has 0 aliphatic rings. The van der Waals surface area contributed by atoms with Gasteiger partial charge in [-0.3, -0.25) is 0 Å². The Bertz CT molecular complexity index is 277. The van der Waals surface area contributed by atoms with Crippen LogP contribution < -0.4 is 0 Å². The van der Waals surface area contributed by atoms with Crippen LogP contribution in [0.1, 0.15) is 80.1 Å². The van der Waals surface area contributed by atoms with Crippen molar-refractivity contribution in [2.24, 2.45) is 0 Å². The van der Waals surface area contributed by atoms with Crippen LogP contribution in [-0.2, 0) is 18.9 Å². The van der Waals surface area contributed by atoms with Crippen LogP contribution in [0.25, 0.3) is 0 Å². The molecule has 0 aromatic rings. The van der Waals surface area contributed by atoms with Crippen LogP contribution >= 0.6 is 21.6 Å². The fraction of sp³-hybridized carbons (Fsp3) is 1.00. The fourth-order valence-corrected chi connectivity index (χ4v) is 11.4. The van der Waals surface area contributed by atoms with E-state index in [1.54, 1.807) is 21.6 Å². The minimum absolute atomic E-state index is 0.469. The summed E-state index contributed by atoms with van der Waals surface area (Å²) in [6, 6.07) is 2.46. The van der Waals surface area contributed by atoms with Crippen molar-refractivity contribution in [2.75, 3.05) is 26.4 Å². The standard InChI is InChI=1S/C20H46O4S2Si2/c1-7-13-21-19(22-14-8-2,27-17-11-5)25-26-20(23-15-9-3,24-16-10-4)28-18-12-6/h7-18,27-28H2,1-6H3. The summed E-state index contributed by atoms with van der Waals surface area (Å²) >= 11 is 0. The van der Waals surface area contributed by atoms with Gasteiger partial charge in [0.2, 0.25) is 0 Å². The van der Waals surface area contributed by atoms with Gasteiger partial charge in [-0.25, -0.2) is 0 Å². The normalized spacial score (nSPS) is 13.5. The van der Waals surface area contributed by atoms with Crippen LogP contribution in [0.4, 0.5) is 0 Å². The molecule has 28 heavy (non-hydrogen) atoms. The maximum Gasteiger partial charge on any atom is 0.200 e. The van der Waals surface area contributed by atoms with Gasteiger partial charge in [0.05, 0.1) is 26.4 Å². The zero-order valence-corrected chi connectivity index (χ0v) is 23.8. The van der Waals surface area contributed by atoms with E-state index in [4.69, 9.17) is 18.9 Å². The summed E-state index contributed by atoms with van der Waals surface area (Å²) in [5.74, 6) is 0. The van der Waals surface area contributed by atoms with Crippen molar-refractivity contribution in [3.63, 3.8) is 0 Å². The second-order valence-electron chi connectivity index (χ2n) is 7.13. The molecule has 0 saturated heterocycles. The molecular formula is C20H46O4S2Si2. The largest absolute Gasteiger partial charge is 0.345 e. The molecule has 0 rings (SSSR count). The van der Waals surface area contributed by atoms with E-state index in [-0.39, 0.29) is 0 Å². The molecule has 0 amide bonds. The third kappa shape index (κ3) is 12.6. The lowest BCUT2D eigenvalue weighted by atomic mass is 10.5. The van der Waals surface area contributed by atoms with Crippen LogP contribution in [0.3, 0.4) is 0 Å². The molecule has 0 aromatic carbocycles. The number of hydrogen-bond donors (Lipinski definition) is 0. The Balaban J connectivity index is 5.42. The molecule has 0 spiro atoms. The van der Waals surface area contributed by atoms with Crippen molar-refractivity contribution < 1.29 is 18.9 Å². The van der Waals surface area contributed by atoms with Crippen molar-refractivity contribution in [2.45, 2.75) is 102 Å². The highest BCUT2D eigenvalue weighted by atomic mass is 33.1. The van der Waals surface area contributed by atoms with E-state index < -0.39 is 28.5 Å². The van der Waals surface area contributed by atoms with Crippen LogP contribution in [0.5, 0.6) is 0 Å². The van der Waals surface area contributed by atoms with E-state index >= 15 is 0 Å². The molecule has 0 N–H and O–H groups in total. The van der Waals surface area contributed by atoms with Gasteiger partial charge >= 0.3 is 0 Å². The minimum Gasteiger partial charge on any atom is -0.345 e. The molecule has 0 aliphatic heterocycles.